The summed E-state index contributed by atoms with van der Waals surface area (Å²) in [7, 11) is 0. The Labute approximate surface area is 153 Å². The monoisotopic (exact) mass is 351 g/mol. The van der Waals surface area contributed by atoms with Crippen LogP contribution >= 0.6 is 0 Å². The summed E-state index contributed by atoms with van der Waals surface area (Å²) in [6.45, 7) is 11.0. The lowest BCUT2D eigenvalue weighted by atomic mass is 10.0. The van der Waals surface area contributed by atoms with E-state index in [-0.39, 0.29) is 5.91 Å². The van der Waals surface area contributed by atoms with E-state index < -0.39 is 0 Å². The molecule has 2 fully saturated rings. The lowest BCUT2D eigenvalue weighted by Crippen LogP contribution is -2.40. The largest absolute Gasteiger partial charge is 0.357 e. The zero-order chi connectivity index (χ0) is 17.9. The summed E-state index contributed by atoms with van der Waals surface area (Å²) in [5.41, 5.74) is 0. The second-order valence-corrected chi connectivity index (χ2v) is 7.26. The Morgan fingerprint density at radius 1 is 1.12 bits per heavy atom. The summed E-state index contributed by atoms with van der Waals surface area (Å²) in [4.78, 5) is 21.3. The highest BCUT2D eigenvalue weighted by molar-refractivity contribution is 5.81. The molecule has 6 nitrogen and oxygen atoms in total. The first-order chi connectivity index (χ1) is 12.2. The molecule has 0 aromatic rings. The van der Waals surface area contributed by atoms with Crippen molar-refractivity contribution in [2.75, 3.05) is 45.8 Å². The molecule has 0 radical (unpaired) electrons. The van der Waals surface area contributed by atoms with Gasteiger partial charge in [-0.05, 0) is 52.5 Å². The van der Waals surface area contributed by atoms with Gasteiger partial charge in [-0.3, -0.25) is 9.79 Å². The average Bonchev–Trinajstić information content (AvgIpc) is 3.14. The molecule has 1 unspecified atom stereocenters. The number of rotatable bonds is 8. The van der Waals surface area contributed by atoms with E-state index in [0.29, 0.717) is 13.0 Å². The number of carbonyl (C=O) groups is 1. The smallest absolute Gasteiger partial charge is 0.224 e. The van der Waals surface area contributed by atoms with Crippen LogP contribution in [0.25, 0.3) is 0 Å². The van der Waals surface area contributed by atoms with Crippen LogP contribution in [0.5, 0.6) is 0 Å². The summed E-state index contributed by atoms with van der Waals surface area (Å²) < 4.78 is 0. The molecule has 2 aliphatic heterocycles. The van der Waals surface area contributed by atoms with Crippen LogP contribution in [0.3, 0.4) is 0 Å². The van der Waals surface area contributed by atoms with E-state index in [0.717, 1.165) is 64.0 Å². The summed E-state index contributed by atoms with van der Waals surface area (Å²) in [5.74, 6) is 1.10. The van der Waals surface area contributed by atoms with Crippen LogP contribution < -0.4 is 10.6 Å². The third-order valence-corrected chi connectivity index (χ3v) is 5.25. The van der Waals surface area contributed by atoms with Crippen molar-refractivity contribution in [3.05, 3.63) is 0 Å². The van der Waals surface area contributed by atoms with Gasteiger partial charge in [0.1, 0.15) is 0 Å². The Morgan fingerprint density at radius 2 is 1.88 bits per heavy atom. The Bertz CT molecular complexity index is 420. The molecule has 2 heterocycles. The predicted molar refractivity (Wildman–Crippen MR) is 104 cm³/mol. The van der Waals surface area contributed by atoms with E-state index in [2.05, 4.69) is 34.4 Å². The minimum atomic E-state index is 0.264. The van der Waals surface area contributed by atoms with E-state index >= 15 is 0 Å². The molecule has 1 atom stereocenters. The molecule has 0 saturated carbocycles. The number of hydrogen-bond donors (Lipinski definition) is 2. The standard InChI is InChI=1S/C19H37N5O/c1-3-20-19(22-12-10-18(25)24-14-6-7-15-24)21-11-8-16-23-13-5-4-9-17(23)2/h17H,3-16H2,1-2H3,(H2,20,21,22). The minimum absolute atomic E-state index is 0.264. The summed E-state index contributed by atoms with van der Waals surface area (Å²) in [6, 6.07) is 0.723. The average molecular weight is 352 g/mol. The van der Waals surface area contributed by atoms with Gasteiger partial charge in [0.15, 0.2) is 5.96 Å². The molecule has 0 bridgehead atoms. The Kier molecular flexibility index (Phi) is 9.08. The van der Waals surface area contributed by atoms with E-state index in [1.54, 1.807) is 0 Å². The van der Waals surface area contributed by atoms with Gasteiger partial charge in [0.25, 0.3) is 0 Å². The SMILES string of the molecule is CCNC(=NCCCN1CCCCC1C)NCCC(=O)N1CCCC1. The van der Waals surface area contributed by atoms with E-state index in [9.17, 15) is 4.79 Å². The highest BCUT2D eigenvalue weighted by Gasteiger charge is 2.18. The van der Waals surface area contributed by atoms with Crippen LogP contribution in [-0.4, -0.2) is 73.5 Å². The van der Waals surface area contributed by atoms with E-state index in [1.807, 2.05) is 4.90 Å². The molecular weight excluding hydrogens is 314 g/mol. The number of amides is 1. The van der Waals surface area contributed by atoms with Gasteiger partial charge >= 0.3 is 0 Å². The summed E-state index contributed by atoms with van der Waals surface area (Å²) >= 11 is 0. The second kappa shape index (κ2) is 11.3. The Morgan fingerprint density at radius 3 is 2.60 bits per heavy atom. The van der Waals surface area contributed by atoms with Crippen molar-refractivity contribution in [3.8, 4) is 0 Å². The van der Waals surface area contributed by atoms with Gasteiger partial charge in [0.2, 0.25) is 5.91 Å². The predicted octanol–water partition coefficient (Wildman–Crippen LogP) is 1.82. The van der Waals surface area contributed by atoms with Gasteiger partial charge < -0.3 is 20.4 Å². The van der Waals surface area contributed by atoms with Crippen LogP contribution in [-0.2, 0) is 4.79 Å². The number of piperidine rings is 1. The molecule has 1 amide bonds. The Hall–Kier alpha value is -1.30. The highest BCUT2D eigenvalue weighted by Crippen LogP contribution is 2.16. The van der Waals surface area contributed by atoms with Gasteiger partial charge in [-0.15, -0.1) is 0 Å². The fourth-order valence-corrected chi connectivity index (χ4v) is 3.71. The van der Waals surface area contributed by atoms with Crippen LogP contribution in [0.15, 0.2) is 4.99 Å². The maximum Gasteiger partial charge on any atom is 0.224 e. The first kappa shape index (κ1) is 20.0. The minimum Gasteiger partial charge on any atom is -0.357 e. The van der Waals surface area contributed by atoms with Gasteiger partial charge in [-0.25, -0.2) is 0 Å². The number of nitrogens with one attached hydrogen (secondary N) is 2. The molecule has 2 aliphatic rings. The second-order valence-electron chi connectivity index (χ2n) is 7.26. The maximum absolute atomic E-state index is 12.1. The number of nitrogens with zero attached hydrogens (tertiary/aromatic N) is 3. The molecule has 144 valence electrons. The molecule has 25 heavy (non-hydrogen) atoms. The van der Waals surface area contributed by atoms with Crippen molar-refractivity contribution in [2.45, 2.75) is 64.8 Å². The molecule has 0 aromatic heterocycles. The summed E-state index contributed by atoms with van der Waals surface area (Å²) in [5, 5.41) is 6.57. The van der Waals surface area contributed by atoms with E-state index in [1.165, 1.54) is 25.8 Å². The number of likely N-dealkylation sites (tertiary alicyclic amines) is 2. The van der Waals surface area contributed by atoms with Crippen molar-refractivity contribution < 1.29 is 4.79 Å². The fourth-order valence-electron chi connectivity index (χ4n) is 3.71. The third kappa shape index (κ3) is 7.22. The normalized spacial score (nSPS) is 22.2. The van der Waals surface area contributed by atoms with Crippen molar-refractivity contribution in [1.29, 1.82) is 0 Å². The van der Waals surface area contributed by atoms with Gasteiger partial charge in [0.05, 0.1) is 0 Å². The molecule has 2 rings (SSSR count). The number of aliphatic imine (C=N–C) groups is 1. The van der Waals surface area contributed by atoms with E-state index in [4.69, 9.17) is 0 Å². The van der Waals surface area contributed by atoms with Crippen molar-refractivity contribution in [2.24, 2.45) is 4.99 Å². The molecule has 0 aromatic carbocycles. The van der Waals surface area contributed by atoms with Crippen molar-refractivity contribution in [1.82, 2.24) is 20.4 Å². The Balaban J connectivity index is 1.64. The topological polar surface area (TPSA) is 60.0 Å². The molecule has 0 aliphatic carbocycles. The molecule has 2 N–H and O–H groups in total. The first-order valence-electron chi connectivity index (χ1n) is 10.2. The molecular formula is C19H37N5O. The molecule has 2 saturated heterocycles. The van der Waals surface area contributed by atoms with Crippen LogP contribution in [0.2, 0.25) is 0 Å². The van der Waals surface area contributed by atoms with Crippen LogP contribution in [0.4, 0.5) is 0 Å². The zero-order valence-corrected chi connectivity index (χ0v) is 16.2. The van der Waals surface area contributed by atoms with Gasteiger partial charge in [0, 0.05) is 51.7 Å². The quantitative estimate of drug-likeness (QED) is 0.398. The van der Waals surface area contributed by atoms with Gasteiger partial charge in [-0.1, -0.05) is 6.42 Å². The lowest BCUT2D eigenvalue weighted by molar-refractivity contribution is -0.129. The maximum atomic E-state index is 12.1. The lowest BCUT2D eigenvalue weighted by Gasteiger charge is -2.33. The summed E-state index contributed by atoms with van der Waals surface area (Å²) in [6.07, 6.45) is 7.99. The fraction of sp³-hybridized carbons (Fsp3) is 0.895. The molecule has 0 spiro atoms. The molecule has 6 heteroatoms. The van der Waals surface area contributed by atoms with Crippen LogP contribution in [0.1, 0.15) is 58.8 Å². The first-order valence-corrected chi connectivity index (χ1v) is 10.2. The zero-order valence-electron chi connectivity index (χ0n) is 16.2. The third-order valence-electron chi connectivity index (χ3n) is 5.25. The van der Waals surface area contributed by atoms with Crippen molar-refractivity contribution in [3.63, 3.8) is 0 Å². The number of carbonyl (C=O) groups excluding carboxylic acids is 1. The highest BCUT2D eigenvalue weighted by atomic mass is 16.2. The van der Waals surface area contributed by atoms with Gasteiger partial charge in [-0.2, -0.15) is 0 Å². The number of hydrogen-bond acceptors (Lipinski definition) is 3. The number of guanidine groups is 1. The van der Waals surface area contributed by atoms with Crippen molar-refractivity contribution >= 4 is 11.9 Å². The van der Waals surface area contributed by atoms with Crippen LogP contribution in [0, 0.1) is 0 Å².